The lowest BCUT2D eigenvalue weighted by atomic mass is 9.88. The minimum Gasteiger partial charge on any atom is -0.309 e. The van der Waals surface area contributed by atoms with Crippen LogP contribution in [0.3, 0.4) is 0 Å². The van der Waals surface area contributed by atoms with Crippen LogP contribution in [0.4, 0.5) is 0 Å². The second-order valence-corrected chi connectivity index (χ2v) is 16.6. The molecule has 0 radical (unpaired) electrons. The van der Waals surface area contributed by atoms with Crippen molar-refractivity contribution >= 4 is 85.6 Å². The summed E-state index contributed by atoms with van der Waals surface area (Å²) in [6.45, 7) is 0. The average molecular weight is 812 g/mol. The molecule has 4 nitrogen and oxygen atoms in total. The Morgan fingerprint density at radius 3 is 1.58 bits per heavy atom. The summed E-state index contributed by atoms with van der Waals surface area (Å²) in [6, 6.07) is 59.2. The molecule has 13 rings (SSSR count). The molecule has 0 spiro atoms. The topological polar surface area (TPSA) is 43.6 Å². The first-order valence-electron chi connectivity index (χ1n) is 23.0. The number of rotatable bonds is 5. The number of hydrogen-bond acceptors (Lipinski definition) is 4. The monoisotopic (exact) mass is 811 g/mol. The van der Waals surface area contributed by atoms with Crippen molar-refractivity contribution in [2.75, 3.05) is 0 Å². The molecule has 0 amide bonds. The lowest BCUT2D eigenvalue weighted by Gasteiger charge is -2.16. The number of aromatic nitrogens is 4. The highest BCUT2D eigenvalue weighted by Gasteiger charge is 2.23. The normalized spacial score (nSPS) is 13.0. The van der Waals surface area contributed by atoms with Crippen molar-refractivity contribution in [1.82, 2.24) is 19.5 Å². The van der Waals surface area contributed by atoms with Gasteiger partial charge in [0.1, 0.15) is 0 Å². The van der Waals surface area contributed by atoms with Crippen LogP contribution in [0.25, 0.3) is 125 Å². The molecule has 0 N–H and O–H groups in total. The third kappa shape index (κ3) is 5.29. The molecular weight excluding hydrogens is 773 g/mol. The van der Waals surface area contributed by atoms with Crippen LogP contribution in [0.1, 0.15) is 6.85 Å². The second-order valence-electron chi connectivity index (χ2n) is 15.5. The van der Waals surface area contributed by atoms with Crippen molar-refractivity contribution in [2.45, 2.75) is 0 Å². The maximum absolute atomic E-state index is 8.99. The van der Waals surface area contributed by atoms with Crippen molar-refractivity contribution in [2.24, 2.45) is 0 Å². The van der Waals surface area contributed by atoms with Crippen LogP contribution in [-0.4, -0.2) is 19.5 Å². The fourth-order valence-electron chi connectivity index (χ4n) is 9.50. The van der Waals surface area contributed by atoms with Gasteiger partial charge in [-0.25, -0.2) is 15.0 Å². The van der Waals surface area contributed by atoms with E-state index >= 15 is 0 Å². The van der Waals surface area contributed by atoms with E-state index in [1.807, 2.05) is 30.3 Å². The van der Waals surface area contributed by atoms with Gasteiger partial charge in [-0.2, -0.15) is 0 Å². The van der Waals surface area contributed by atoms with E-state index in [0.717, 1.165) is 64.4 Å². The number of fused-ring (bicyclic) bond motifs is 12. The predicted octanol–water partition coefficient (Wildman–Crippen LogP) is 15.5. The smallest absolute Gasteiger partial charge is 0.165 e. The summed E-state index contributed by atoms with van der Waals surface area (Å²) in [5.41, 5.74) is 6.55. The van der Waals surface area contributed by atoms with Gasteiger partial charge >= 0.3 is 0 Å². The highest BCUT2D eigenvalue weighted by atomic mass is 32.1. The lowest BCUT2D eigenvalue weighted by Crippen LogP contribution is -2.01. The van der Waals surface area contributed by atoms with Gasteiger partial charge in [-0.15, -0.1) is 11.3 Å². The Hall–Kier alpha value is -7.99. The van der Waals surface area contributed by atoms with E-state index in [1.54, 1.807) is 11.3 Å². The first-order chi connectivity index (χ1) is 32.8. The molecule has 10 aromatic carbocycles. The number of hydrogen-bond donors (Lipinski definition) is 0. The van der Waals surface area contributed by atoms with Gasteiger partial charge < -0.3 is 4.57 Å². The summed E-state index contributed by atoms with van der Waals surface area (Å²) < 4.78 is 47.8. The molecule has 0 aliphatic rings. The molecular formula is C57H34N4S. The van der Waals surface area contributed by atoms with E-state index < -0.39 is 18.1 Å². The van der Waals surface area contributed by atoms with Gasteiger partial charge in [0.05, 0.1) is 17.9 Å². The molecule has 0 bridgehead atoms. The molecule has 0 fully saturated rings. The Morgan fingerprint density at radius 1 is 0.387 bits per heavy atom. The number of thiophene rings is 1. The maximum Gasteiger partial charge on any atom is 0.165 e. The molecule has 5 heteroatoms. The highest BCUT2D eigenvalue weighted by Crippen LogP contribution is 2.48. The second kappa shape index (κ2) is 13.8. The molecule has 62 heavy (non-hydrogen) atoms. The Labute approximate surface area is 367 Å². The molecule has 3 aromatic heterocycles. The largest absolute Gasteiger partial charge is 0.309 e. The third-order valence-corrected chi connectivity index (χ3v) is 13.3. The van der Waals surface area contributed by atoms with Gasteiger partial charge in [0, 0.05) is 53.3 Å². The summed E-state index contributed by atoms with van der Waals surface area (Å²) in [6.07, 6.45) is 0. The van der Waals surface area contributed by atoms with Crippen LogP contribution in [0.5, 0.6) is 0 Å². The van der Waals surface area contributed by atoms with E-state index in [2.05, 4.69) is 150 Å². The Bertz CT molecular complexity index is 4110. The number of para-hydroxylation sites is 2. The van der Waals surface area contributed by atoms with Crippen molar-refractivity contribution in [1.29, 1.82) is 0 Å². The van der Waals surface area contributed by atoms with Gasteiger partial charge in [0.25, 0.3) is 0 Å². The van der Waals surface area contributed by atoms with Crippen molar-refractivity contribution < 1.29 is 6.85 Å². The fourth-order valence-corrected chi connectivity index (χ4v) is 10.7. The Balaban J connectivity index is 1.18. The zero-order valence-electron chi connectivity index (χ0n) is 37.9. The summed E-state index contributed by atoms with van der Waals surface area (Å²) in [4.78, 5) is 15.1. The maximum atomic E-state index is 8.99. The van der Waals surface area contributed by atoms with E-state index in [9.17, 15) is 0 Å². The molecule has 288 valence electrons. The number of benzene rings is 10. The van der Waals surface area contributed by atoms with E-state index in [0.29, 0.717) is 17.2 Å². The lowest BCUT2D eigenvalue weighted by molar-refractivity contribution is 1.07. The van der Waals surface area contributed by atoms with Crippen molar-refractivity contribution in [3.63, 3.8) is 0 Å². The van der Waals surface area contributed by atoms with E-state index in [-0.39, 0.29) is 23.5 Å². The summed E-state index contributed by atoms with van der Waals surface area (Å²) in [7, 11) is 0. The molecule has 0 aliphatic heterocycles. The molecule has 0 saturated carbocycles. The Morgan fingerprint density at radius 2 is 0.903 bits per heavy atom. The molecule has 0 atom stereocenters. The molecule has 0 saturated heterocycles. The standard InChI is InChI=1S/C57H34N4S/c1-3-17-35(18-4-1)55-58-56(36-19-5-2-6-20-36)60-57(59-55)48-34-37(61-49-30-13-11-24-41(49)42-25-12-14-31-50(42)61)33-47-53-46(29-16-32-51(53)62-54(47)48)45-28-15-27-44-40-22-8-7-21-38(40)39-23-9-10-26-43(39)52(44)45/h1-34H/i1D,3D,4D,17D,18D. The summed E-state index contributed by atoms with van der Waals surface area (Å²) in [5, 5.41) is 11.6. The number of nitrogens with zero attached hydrogens (tertiary/aromatic N) is 4. The molecule has 0 unspecified atom stereocenters. The van der Waals surface area contributed by atoms with Gasteiger partial charge in [-0.1, -0.05) is 176 Å². The van der Waals surface area contributed by atoms with Gasteiger partial charge in [0.15, 0.2) is 17.5 Å². The quantitative estimate of drug-likeness (QED) is 0.163. The zero-order chi connectivity index (χ0) is 45.1. The van der Waals surface area contributed by atoms with Crippen molar-refractivity contribution in [3.05, 3.63) is 206 Å². The van der Waals surface area contributed by atoms with Crippen LogP contribution < -0.4 is 0 Å². The molecule has 0 aliphatic carbocycles. The van der Waals surface area contributed by atoms with E-state index in [4.69, 9.17) is 21.8 Å². The minimum atomic E-state index is -0.481. The van der Waals surface area contributed by atoms with Crippen molar-refractivity contribution in [3.8, 4) is 51.0 Å². The van der Waals surface area contributed by atoms with Crippen LogP contribution in [0.15, 0.2) is 206 Å². The average Bonchev–Trinajstić information content (AvgIpc) is 3.93. The van der Waals surface area contributed by atoms with E-state index in [1.165, 1.54) is 32.3 Å². The van der Waals surface area contributed by atoms with Gasteiger partial charge in [-0.3, -0.25) is 0 Å². The molecule has 3 heterocycles. The minimum absolute atomic E-state index is 0.00655. The summed E-state index contributed by atoms with van der Waals surface area (Å²) >= 11 is 1.66. The summed E-state index contributed by atoms with van der Waals surface area (Å²) in [5.74, 6) is 0.631. The first-order valence-corrected chi connectivity index (χ1v) is 21.4. The van der Waals surface area contributed by atoms with Crippen LogP contribution in [0, 0.1) is 0 Å². The van der Waals surface area contributed by atoms with Crippen LogP contribution in [-0.2, 0) is 0 Å². The third-order valence-electron chi connectivity index (χ3n) is 12.1. The highest BCUT2D eigenvalue weighted by molar-refractivity contribution is 7.26. The zero-order valence-corrected chi connectivity index (χ0v) is 33.8. The predicted molar refractivity (Wildman–Crippen MR) is 261 cm³/mol. The fraction of sp³-hybridized carbons (Fsp3) is 0. The Kier molecular flexibility index (Phi) is 6.69. The SMILES string of the molecule is [2H]c1c([2H])c([2H])c(-c2nc(-c3ccccc3)nc(-c3cc(-n4c5ccccc5c5ccccc54)cc4c3sc3cccc(-c5cccc6c7ccccc7c7ccccc7c56)c34)n2)c([2H])c1[2H]. The first kappa shape index (κ1) is 30.1. The van der Waals surface area contributed by atoms with Gasteiger partial charge in [-0.05, 0) is 73.8 Å². The van der Waals surface area contributed by atoms with Crippen LogP contribution in [0.2, 0.25) is 0 Å². The van der Waals surface area contributed by atoms with Crippen LogP contribution >= 0.6 is 11.3 Å². The van der Waals surface area contributed by atoms with Gasteiger partial charge in [0.2, 0.25) is 0 Å². The molecule has 13 aromatic rings.